The van der Waals surface area contributed by atoms with Crippen LogP contribution in [0.5, 0.6) is 0 Å². The van der Waals surface area contributed by atoms with E-state index in [0.29, 0.717) is 0 Å². The molecule has 1 heterocycles. The van der Waals surface area contributed by atoms with E-state index in [9.17, 15) is 0 Å². The minimum Gasteiger partial charge on any atom is -0.312 e. The van der Waals surface area contributed by atoms with Crippen molar-refractivity contribution in [2.24, 2.45) is 0 Å². The number of anilines is 5. The highest BCUT2D eigenvalue weighted by atomic mass is 15.2. The first-order chi connectivity index (χ1) is 32.1. The Hall–Kier alpha value is -7.68. The van der Waals surface area contributed by atoms with E-state index in [4.69, 9.17) is 0 Å². The zero-order chi connectivity index (χ0) is 43.7. The number of benzene rings is 8. The lowest BCUT2D eigenvalue weighted by Gasteiger charge is -2.33. The molecule has 3 aliphatic rings. The molecule has 0 fully saturated rings. The largest absolute Gasteiger partial charge is 0.312 e. The molecule has 2 aliphatic carbocycles. The molecule has 1 aliphatic heterocycles. The van der Waals surface area contributed by atoms with Crippen molar-refractivity contribution in [2.45, 2.75) is 44.9 Å². The van der Waals surface area contributed by atoms with Gasteiger partial charge in [0.2, 0.25) is 0 Å². The van der Waals surface area contributed by atoms with Crippen molar-refractivity contribution in [3.8, 4) is 33.4 Å². The minimum absolute atomic E-state index is 0.0796. The third-order valence-corrected chi connectivity index (χ3v) is 14.0. The SMILES string of the molecule is CCC1(CC)c2cc(/C=C/c3ccc(-c4c(-c5ccccc5)cccc4N4C5=C(C=CCC5)C=Cc5ccccc54)cc3)ccc2-c2ccc(N(c3ccccc3)c3ccccc3)cc21. The molecular formula is C63H52N2. The molecule has 0 bridgehead atoms. The third-order valence-electron chi connectivity index (χ3n) is 14.0. The Bertz CT molecular complexity index is 3110. The van der Waals surface area contributed by atoms with Crippen molar-refractivity contribution in [2.75, 3.05) is 9.80 Å². The second-order valence-corrected chi connectivity index (χ2v) is 17.4. The van der Waals surface area contributed by atoms with Crippen LogP contribution in [-0.2, 0) is 5.41 Å². The number of allylic oxidation sites excluding steroid dienone is 5. The number of rotatable bonds is 10. The van der Waals surface area contributed by atoms with Gasteiger partial charge in [-0.3, -0.25) is 0 Å². The first-order valence-corrected chi connectivity index (χ1v) is 23.3. The van der Waals surface area contributed by atoms with Crippen molar-refractivity contribution in [1.82, 2.24) is 0 Å². The van der Waals surface area contributed by atoms with Crippen LogP contribution < -0.4 is 9.80 Å². The van der Waals surface area contributed by atoms with Crippen molar-refractivity contribution in [3.63, 3.8) is 0 Å². The van der Waals surface area contributed by atoms with Crippen LogP contribution in [0.4, 0.5) is 28.4 Å². The normalized spacial score (nSPS) is 14.5. The molecule has 2 nitrogen and oxygen atoms in total. The summed E-state index contributed by atoms with van der Waals surface area (Å²) in [6.07, 6.45) is 17.8. The van der Waals surface area contributed by atoms with E-state index in [0.717, 1.165) is 37.1 Å². The summed E-state index contributed by atoms with van der Waals surface area (Å²) < 4.78 is 0. The molecule has 0 aromatic heterocycles. The standard InChI is InChI=1S/C63H52N2/c1-3-63(4-2)57-43-46(35-41-55(57)56-42-40-53(44-58(56)63)64(51-23-10-6-11-24-51)52-25-12-7-13-26-52)32-31-45-33-36-50(37-34-45)62-54(47-19-8-5-9-20-47)27-18-30-61(62)65-59-28-16-14-21-48(59)38-39-49-22-15-17-29-60(49)65/h5-16,18-28,30-44H,3-4,17,29H2,1-2H3/b32-31+. The maximum absolute atomic E-state index is 2.53. The van der Waals surface area contributed by atoms with Crippen LogP contribution in [0, 0.1) is 0 Å². The molecule has 0 unspecified atom stereocenters. The van der Waals surface area contributed by atoms with Crippen LogP contribution in [-0.4, -0.2) is 0 Å². The van der Waals surface area contributed by atoms with Crippen molar-refractivity contribution in [3.05, 3.63) is 251 Å². The van der Waals surface area contributed by atoms with Gasteiger partial charge < -0.3 is 9.80 Å². The summed E-state index contributed by atoms with van der Waals surface area (Å²) in [5.41, 5.74) is 22.5. The zero-order valence-electron chi connectivity index (χ0n) is 37.2. The molecule has 65 heavy (non-hydrogen) atoms. The minimum atomic E-state index is -0.0796. The third kappa shape index (κ3) is 7.16. The second kappa shape index (κ2) is 17.1. The van der Waals surface area contributed by atoms with E-state index < -0.39 is 0 Å². The van der Waals surface area contributed by atoms with E-state index in [2.05, 4.69) is 254 Å². The highest BCUT2D eigenvalue weighted by molar-refractivity contribution is 5.97. The number of fused-ring (bicyclic) bond motifs is 4. The van der Waals surface area contributed by atoms with Gasteiger partial charge in [0.25, 0.3) is 0 Å². The highest BCUT2D eigenvalue weighted by Gasteiger charge is 2.41. The Morgan fingerprint density at radius 3 is 1.83 bits per heavy atom. The summed E-state index contributed by atoms with van der Waals surface area (Å²) in [6, 6.07) is 71.3. The Kier molecular flexibility index (Phi) is 10.6. The van der Waals surface area contributed by atoms with Crippen LogP contribution in [0.25, 0.3) is 51.6 Å². The fourth-order valence-electron chi connectivity index (χ4n) is 10.7. The van der Waals surface area contributed by atoms with Gasteiger partial charge in [-0.2, -0.15) is 0 Å². The topological polar surface area (TPSA) is 6.48 Å². The lowest BCUT2D eigenvalue weighted by atomic mass is 9.73. The van der Waals surface area contributed by atoms with Crippen LogP contribution in [0.2, 0.25) is 0 Å². The fourth-order valence-corrected chi connectivity index (χ4v) is 10.7. The summed E-state index contributed by atoms with van der Waals surface area (Å²) in [4.78, 5) is 4.92. The van der Waals surface area contributed by atoms with Crippen LogP contribution in [0.3, 0.4) is 0 Å². The molecule has 0 amide bonds. The van der Waals surface area contributed by atoms with E-state index in [1.165, 1.54) is 89.5 Å². The number of hydrogen-bond acceptors (Lipinski definition) is 2. The monoisotopic (exact) mass is 836 g/mol. The molecular weight excluding hydrogens is 785 g/mol. The fraction of sp³-hybridized carbons (Fsp3) is 0.111. The smallest absolute Gasteiger partial charge is 0.0543 e. The first kappa shape index (κ1) is 40.1. The molecule has 11 rings (SSSR count). The number of nitrogens with zero attached hydrogens (tertiary/aromatic N) is 2. The second-order valence-electron chi connectivity index (χ2n) is 17.4. The van der Waals surface area contributed by atoms with Crippen molar-refractivity contribution >= 4 is 46.7 Å². The number of hydrogen-bond donors (Lipinski definition) is 0. The van der Waals surface area contributed by atoms with Gasteiger partial charge in [0, 0.05) is 33.7 Å². The van der Waals surface area contributed by atoms with E-state index >= 15 is 0 Å². The summed E-state index contributed by atoms with van der Waals surface area (Å²) in [6.45, 7) is 4.72. The van der Waals surface area contributed by atoms with Gasteiger partial charge in [0.15, 0.2) is 0 Å². The van der Waals surface area contributed by atoms with Gasteiger partial charge in [-0.15, -0.1) is 0 Å². The van der Waals surface area contributed by atoms with Gasteiger partial charge in [0.1, 0.15) is 0 Å². The first-order valence-electron chi connectivity index (χ1n) is 23.3. The van der Waals surface area contributed by atoms with Crippen LogP contribution in [0.15, 0.2) is 224 Å². The van der Waals surface area contributed by atoms with E-state index in [1.807, 2.05) is 0 Å². The Labute approximate surface area is 384 Å². The lowest BCUT2D eigenvalue weighted by molar-refractivity contribution is 0.490. The average Bonchev–Trinajstić information content (AvgIpc) is 3.53. The van der Waals surface area contributed by atoms with Crippen molar-refractivity contribution < 1.29 is 0 Å². The Morgan fingerprint density at radius 2 is 1.11 bits per heavy atom. The van der Waals surface area contributed by atoms with Gasteiger partial charge in [-0.05, 0) is 135 Å². The summed E-state index contributed by atoms with van der Waals surface area (Å²) >= 11 is 0. The Balaban J connectivity index is 0.945. The number of para-hydroxylation sites is 3. The molecule has 314 valence electrons. The molecule has 8 aromatic rings. The molecule has 0 saturated heterocycles. The lowest BCUT2D eigenvalue weighted by Crippen LogP contribution is -2.23. The average molecular weight is 837 g/mol. The maximum Gasteiger partial charge on any atom is 0.0543 e. The van der Waals surface area contributed by atoms with Crippen LogP contribution >= 0.6 is 0 Å². The van der Waals surface area contributed by atoms with Crippen molar-refractivity contribution in [1.29, 1.82) is 0 Å². The summed E-state index contributed by atoms with van der Waals surface area (Å²) in [5, 5.41) is 0. The zero-order valence-corrected chi connectivity index (χ0v) is 37.2. The summed E-state index contributed by atoms with van der Waals surface area (Å²) in [5.74, 6) is 0. The predicted molar refractivity (Wildman–Crippen MR) is 277 cm³/mol. The van der Waals surface area contributed by atoms with Gasteiger partial charge in [-0.25, -0.2) is 0 Å². The van der Waals surface area contributed by atoms with Gasteiger partial charge in [-0.1, -0.05) is 196 Å². The molecule has 0 spiro atoms. The molecule has 0 saturated carbocycles. The van der Waals surface area contributed by atoms with Gasteiger partial charge in [0.05, 0.1) is 11.4 Å². The molecule has 0 N–H and O–H groups in total. The van der Waals surface area contributed by atoms with E-state index in [-0.39, 0.29) is 5.41 Å². The van der Waals surface area contributed by atoms with E-state index in [1.54, 1.807) is 0 Å². The molecule has 2 heteroatoms. The Morgan fingerprint density at radius 1 is 0.492 bits per heavy atom. The molecule has 0 radical (unpaired) electrons. The molecule has 0 atom stereocenters. The summed E-state index contributed by atoms with van der Waals surface area (Å²) in [7, 11) is 0. The quantitative estimate of drug-likeness (QED) is 0.127. The predicted octanol–water partition coefficient (Wildman–Crippen LogP) is 17.5. The van der Waals surface area contributed by atoms with Crippen LogP contribution in [0.1, 0.15) is 67.3 Å². The highest BCUT2D eigenvalue weighted by Crippen LogP contribution is 2.55. The molecule has 8 aromatic carbocycles. The maximum atomic E-state index is 2.53. The van der Waals surface area contributed by atoms with Gasteiger partial charge >= 0.3 is 0 Å².